The molecule has 168 valence electrons. The molecule has 4 rings (SSSR count). The Morgan fingerprint density at radius 1 is 0.788 bits per heavy atom. The zero-order chi connectivity index (χ0) is 23.5. The Bertz CT molecular complexity index is 1350. The molecule has 0 unspecified atom stereocenters. The van der Waals surface area contributed by atoms with Gasteiger partial charge in [0.15, 0.2) is 23.3 Å². The highest BCUT2D eigenvalue weighted by Gasteiger charge is 2.25. The third-order valence-electron chi connectivity index (χ3n) is 4.85. The van der Waals surface area contributed by atoms with E-state index in [2.05, 4.69) is 5.10 Å². The molecule has 0 bridgehead atoms. The standard InChI is InChI=1S/C24H14ClF5N2O/c25-17-8-4-2-6-14(17)12-33-18-10-9-13-5-1-3-7-15(13)16(18)11-31-32-24-22(29)20(27)19(26)21(28)23(24)30/h1-11,32H,12H2. The van der Waals surface area contributed by atoms with Crippen molar-refractivity contribution in [1.29, 1.82) is 0 Å². The maximum Gasteiger partial charge on any atom is 0.200 e. The number of halogens is 6. The number of hydrogen-bond acceptors (Lipinski definition) is 3. The molecule has 4 aromatic rings. The number of nitrogens with zero attached hydrogens (tertiary/aromatic N) is 1. The van der Waals surface area contributed by atoms with E-state index in [0.717, 1.165) is 10.9 Å². The fraction of sp³-hybridized carbons (Fsp3) is 0.0417. The maximum absolute atomic E-state index is 13.9. The van der Waals surface area contributed by atoms with Crippen LogP contribution in [0.25, 0.3) is 10.8 Å². The summed E-state index contributed by atoms with van der Waals surface area (Å²) in [7, 11) is 0. The number of nitrogens with one attached hydrogen (secondary N) is 1. The second kappa shape index (κ2) is 9.46. The third-order valence-corrected chi connectivity index (χ3v) is 5.22. The summed E-state index contributed by atoms with van der Waals surface area (Å²) in [5, 5.41) is 5.74. The third kappa shape index (κ3) is 4.47. The summed E-state index contributed by atoms with van der Waals surface area (Å²) < 4.78 is 73.8. The maximum atomic E-state index is 13.9. The second-order valence-electron chi connectivity index (χ2n) is 6.89. The van der Waals surface area contributed by atoms with Crippen molar-refractivity contribution in [2.24, 2.45) is 5.10 Å². The van der Waals surface area contributed by atoms with Crippen LogP contribution in [0.4, 0.5) is 27.6 Å². The molecular formula is C24H14ClF5N2O. The first-order valence-corrected chi connectivity index (χ1v) is 9.94. The number of rotatable bonds is 6. The number of fused-ring (bicyclic) bond motifs is 1. The highest BCUT2D eigenvalue weighted by atomic mass is 35.5. The number of hydrazone groups is 1. The van der Waals surface area contributed by atoms with Crippen molar-refractivity contribution in [3.63, 3.8) is 0 Å². The average Bonchev–Trinajstić information content (AvgIpc) is 2.83. The molecule has 9 heteroatoms. The number of ether oxygens (including phenoxy) is 1. The van der Waals surface area contributed by atoms with Gasteiger partial charge in [-0.25, -0.2) is 22.0 Å². The molecule has 3 nitrogen and oxygen atoms in total. The van der Waals surface area contributed by atoms with Crippen molar-refractivity contribution in [2.75, 3.05) is 5.43 Å². The van der Waals surface area contributed by atoms with Gasteiger partial charge in [-0.2, -0.15) is 5.10 Å². The van der Waals surface area contributed by atoms with Crippen LogP contribution in [0.1, 0.15) is 11.1 Å². The first-order valence-electron chi connectivity index (χ1n) is 9.57. The monoisotopic (exact) mass is 476 g/mol. The molecule has 0 saturated heterocycles. The molecule has 0 fully saturated rings. The van der Waals surface area contributed by atoms with Crippen LogP contribution in [-0.2, 0) is 6.61 Å². The van der Waals surface area contributed by atoms with Crippen molar-refractivity contribution >= 4 is 34.3 Å². The van der Waals surface area contributed by atoms with Crippen LogP contribution in [0.5, 0.6) is 5.75 Å². The molecule has 4 aromatic carbocycles. The molecule has 1 N–H and O–H groups in total. The first-order chi connectivity index (χ1) is 15.9. The Morgan fingerprint density at radius 3 is 2.15 bits per heavy atom. The van der Waals surface area contributed by atoms with E-state index in [1.807, 2.05) is 23.6 Å². The summed E-state index contributed by atoms with van der Waals surface area (Å²) in [6, 6.07) is 17.8. The van der Waals surface area contributed by atoms with Crippen molar-refractivity contribution in [1.82, 2.24) is 0 Å². The fourth-order valence-corrected chi connectivity index (χ4v) is 3.36. The molecule has 0 heterocycles. The van der Waals surface area contributed by atoms with Gasteiger partial charge >= 0.3 is 0 Å². The van der Waals surface area contributed by atoms with E-state index < -0.39 is 34.8 Å². The minimum atomic E-state index is -2.25. The predicted molar refractivity (Wildman–Crippen MR) is 117 cm³/mol. The lowest BCUT2D eigenvalue weighted by Crippen LogP contribution is -2.07. The van der Waals surface area contributed by atoms with Crippen LogP contribution in [0.3, 0.4) is 0 Å². The Kier molecular flexibility index (Phi) is 6.46. The van der Waals surface area contributed by atoms with Gasteiger partial charge in [0.1, 0.15) is 18.0 Å². The van der Waals surface area contributed by atoms with E-state index in [1.165, 1.54) is 6.21 Å². The van der Waals surface area contributed by atoms with E-state index in [4.69, 9.17) is 16.3 Å². The van der Waals surface area contributed by atoms with Gasteiger partial charge in [0.25, 0.3) is 0 Å². The van der Waals surface area contributed by atoms with E-state index in [9.17, 15) is 22.0 Å². The molecule has 0 aliphatic rings. The predicted octanol–water partition coefficient (Wildman–Crippen LogP) is 7.21. The summed E-state index contributed by atoms with van der Waals surface area (Å²) >= 11 is 6.17. The van der Waals surface area contributed by atoms with Gasteiger partial charge in [-0.15, -0.1) is 0 Å². The van der Waals surface area contributed by atoms with E-state index >= 15 is 0 Å². The van der Waals surface area contributed by atoms with Gasteiger partial charge in [-0.05, 0) is 22.9 Å². The quantitative estimate of drug-likeness (QED) is 0.105. The largest absolute Gasteiger partial charge is 0.488 e. The zero-order valence-corrected chi connectivity index (χ0v) is 17.4. The zero-order valence-electron chi connectivity index (χ0n) is 16.7. The smallest absolute Gasteiger partial charge is 0.200 e. The molecule has 0 aliphatic heterocycles. The molecule has 0 saturated carbocycles. The van der Waals surface area contributed by atoms with Crippen LogP contribution < -0.4 is 10.2 Å². The van der Waals surface area contributed by atoms with Crippen molar-refractivity contribution in [2.45, 2.75) is 6.61 Å². The highest BCUT2D eigenvalue weighted by Crippen LogP contribution is 2.30. The number of anilines is 1. The van der Waals surface area contributed by atoms with Crippen LogP contribution >= 0.6 is 11.6 Å². The van der Waals surface area contributed by atoms with E-state index in [-0.39, 0.29) is 6.61 Å². The Morgan fingerprint density at radius 2 is 1.42 bits per heavy atom. The normalized spacial score (nSPS) is 11.3. The van der Waals surface area contributed by atoms with Gasteiger partial charge < -0.3 is 4.74 Å². The Labute approximate surface area is 190 Å². The van der Waals surface area contributed by atoms with Crippen LogP contribution in [-0.4, -0.2) is 6.21 Å². The second-order valence-corrected chi connectivity index (χ2v) is 7.30. The fourth-order valence-electron chi connectivity index (χ4n) is 3.17. The molecule has 0 amide bonds. The minimum Gasteiger partial charge on any atom is -0.488 e. The molecule has 0 aromatic heterocycles. The summed E-state index contributed by atoms with van der Waals surface area (Å²) in [4.78, 5) is 0. The lowest BCUT2D eigenvalue weighted by Gasteiger charge is -2.13. The Balaban J connectivity index is 1.69. The molecular weight excluding hydrogens is 463 g/mol. The molecule has 0 radical (unpaired) electrons. The van der Waals surface area contributed by atoms with E-state index in [0.29, 0.717) is 21.7 Å². The molecule has 0 atom stereocenters. The lowest BCUT2D eigenvalue weighted by molar-refractivity contribution is 0.306. The summed E-state index contributed by atoms with van der Waals surface area (Å²) in [6.07, 6.45) is 1.18. The minimum absolute atomic E-state index is 0.129. The van der Waals surface area contributed by atoms with Crippen LogP contribution in [0.2, 0.25) is 5.02 Å². The van der Waals surface area contributed by atoms with Crippen molar-refractivity contribution in [3.8, 4) is 5.75 Å². The SMILES string of the molecule is Fc1c(F)c(F)c(NN=Cc2c(OCc3ccccc3Cl)ccc3ccccc23)c(F)c1F. The van der Waals surface area contributed by atoms with Crippen LogP contribution in [0, 0.1) is 29.1 Å². The summed E-state index contributed by atoms with van der Waals surface area (Å²) in [5.41, 5.74) is 1.81. The lowest BCUT2D eigenvalue weighted by atomic mass is 10.0. The van der Waals surface area contributed by atoms with Crippen molar-refractivity contribution < 1.29 is 26.7 Å². The topological polar surface area (TPSA) is 33.6 Å². The van der Waals surface area contributed by atoms with Gasteiger partial charge in [0, 0.05) is 16.1 Å². The summed E-state index contributed by atoms with van der Waals surface area (Å²) in [6.45, 7) is 0.129. The Hall–Kier alpha value is -3.65. The van der Waals surface area contributed by atoms with Gasteiger partial charge in [-0.3, -0.25) is 5.43 Å². The number of benzene rings is 4. The van der Waals surface area contributed by atoms with Gasteiger partial charge in [0.05, 0.1) is 6.21 Å². The van der Waals surface area contributed by atoms with Gasteiger partial charge in [-0.1, -0.05) is 60.1 Å². The van der Waals surface area contributed by atoms with Crippen LogP contribution in [0.15, 0.2) is 65.8 Å². The highest BCUT2D eigenvalue weighted by molar-refractivity contribution is 6.31. The van der Waals surface area contributed by atoms with Crippen molar-refractivity contribution in [3.05, 3.63) is 106 Å². The molecule has 33 heavy (non-hydrogen) atoms. The molecule has 0 aliphatic carbocycles. The number of hydrogen-bond donors (Lipinski definition) is 1. The van der Waals surface area contributed by atoms with Gasteiger partial charge in [0.2, 0.25) is 5.82 Å². The molecule has 0 spiro atoms. The average molecular weight is 477 g/mol. The first kappa shape index (κ1) is 22.5. The van der Waals surface area contributed by atoms with E-state index in [1.54, 1.807) is 42.5 Å². The summed E-state index contributed by atoms with van der Waals surface area (Å²) in [5.74, 6) is -10.0.